The Kier molecular flexibility index (Phi) is 4.73. The number of allylic oxidation sites excluding steroid dienone is 1. The largest absolute Gasteiger partial charge is 0.465 e. The van der Waals surface area contributed by atoms with Crippen LogP contribution in [0.3, 0.4) is 0 Å². The van der Waals surface area contributed by atoms with Gasteiger partial charge in [-0.3, -0.25) is 9.59 Å². The van der Waals surface area contributed by atoms with E-state index in [-0.39, 0.29) is 19.1 Å². The monoisotopic (exact) mass is 240 g/mol. The first-order chi connectivity index (χ1) is 8.13. The normalized spacial score (nSPS) is 21.9. The minimum Gasteiger partial charge on any atom is -0.465 e. The number of rotatable bonds is 5. The molecule has 0 spiro atoms. The first-order valence-corrected chi connectivity index (χ1v) is 6.10. The standard InChI is InChI=1S/C13H20O4/c1-4-10-8-7-9-13(10,11(14)16-5-2)12(15)17-6-3/h4,10H,1,5-9H2,2-3H3. The minimum atomic E-state index is -1.16. The lowest BCUT2D eigenvalue weighted by atomic mass is 9.77. The van der Waals surface area contributed by atoms with Crippen LogP contribution in [0, 0.1) is 11.3 Å². The molecule has 1 fully saturated rings. The molecular formula is C13H20O4. The maximum Gasteiger partial charge on any atom is 0.324 e. The maximum absolute atomic E-state index is 12.1. The maximum atomic E-state index is 12.1. The molecule has 17 heavy (non-hydrogen) atoms. The number of hydrogen-bond acceptors (Lipinski definition) is 4. The number of carbonyl (C=O) groups is 2. The number of esters is 2. The van der Waals surface area contributed by atoms with Gasteiger partial charge in [-0.15, -0.1) is 6.58 Å². The predicted molar refractivity (Wildman–Crippen MR) is 63.2 cm³/mol. The summed E-state index contributed by atoms with van der Waals surface area (Å²) in [6.07, 6.45) is 3.75. The van der Waals surface area contributed by atoms with Crippen LogP contribution in [0.25, 0.3) is 0 Å². The SMILES string of the molecule is C=CC1CCCC1(C(=O)OCC)C(=O)OCC. The molecule has 0 bridgehead atoms. The lowest BCUT2D eigenvalue weighted by molar-refractivity contribution is -0.173. The third-order valence-electron chi connectivity index (χ3n) is 3.28. The molecule has 1 aliphatic rings. The van der Waals surface area contributed by atoms with Gasteiger partial charge in [0.1, 0.15) is 0 Å². The summed E-state index contributed by atoms with van der Waals surface area (Å²) < 4.78 is 10.1. The van der Waals surface area contributed by atoms with Crippen molar-refractivity contribution < 1.29 is 19.1 Å². The number of ether oxygens (including phenoxy) is 2. The molecule has 1 rings (SSSR count). The second kappa shape index (κ2) is 5.84. The van der Waals surface area contributed by atoms with Crippen LogP contribution >= 0.6 is 0 Å². The van der Waals surface area contributed by atoms with Gasteiger partial charge in [-0.1, -0.05) is 12.5 Å². The highest BCUT2D eigenvalue weighted by atomic mass is 16.6. The van der Waals surface area contributed by atoms with Crippen molar-refractivity contribution >= 4 is 11.9 Å². The number of hydrogen-bond donors (Lipinski definition) is 0. The van der Waals surface area contributed by atoms with Crippen LogP contribution in [-0.4, -0.2) is 25.2 Å². The summed E-state index contributed by atoms with van der Waals surface area (Å²) in [5.74, 6) is -1.12. The second-order valence-corrected chi connectivity index (χ2v) is 4.15. The Hall–Kier alpha value is -1.32. The van der Waals surface area contributed by atoms with Crippen LogP contribution in [0.5, 0.6) is 0 Å². The van der Waals surface area contributed by atoms with Gasteiger partial charge in [-0.25, -0.2) is 0 Å². The van der Waals surface area contributed by atoms with E-state index in [1.165, 1.54) is 0 Å². The summed E-state index contributed by atoms with van der Waals surface area (Å²) in [5, 5.41) is 0. The molecule has 1 aliphatic carbocycles. The lowest BCUT2D eigenvalue weighted by Crippen LogP contribution is -2.44. The fraction of sp³-hybridized carbons (Fsp3) is 0.692. The smallest absolute Gasteiger partial charge is 0.324 e. The van der Waals surface area contributed by atoms with Crippen LogP contribution in [0.1, 0.15) is 33.1 Å². The van der Waals surface area contributed by atoms with E-state index in [0.29, 0.717) is 6.42 Å². The van der Waals surface area contributed by atoms with E-state index in [4.69, 9.17) is 9.47 Å². The molecule has 0 saturated heterocycles. The van der Waals surface area contributed by atoms with Crippen LogP contribution in [0.4, 0.5) is 0 Å². The van der Waals surface area contributed by atoms with Gasteiger partial charge in [0.2, 0.25) is 0 Å². The van der Waals surface area contributed by atoms with E-state index in [0.717, 1.165) is 12.8 Å². The molecule has 0 N–H and O–H groups in total. The fourth-order valence-electron chi connectivity index (χ4n) is 2.46. The highest BCUT2D eigenvalue weighted by Crippen LogP contribution is 2.46. The van der Waals surface area contributed by atoms with Crippen molar-refractivity contribution in [1.29, 1.82) is 0 Å². The molecule has 1 atom stereocenters. The second-order valence-electron chi connectivity index (χ2n) is 4.15. The van der Waals surface area contributed by atoms with E-state index in [1.54, 1.807) is 19.9 Å². The molecule has 4 heteroatoms. The molecule has 0 radical (unpaired) electrons. The zero-order valence-corrected chi connectivity index (χ0v) is 10.5. The summed E-state index contributed by atoms with van der Waals surface area (Å²) in [7, 11) is 0. The van der Waals surface area contributed by atoms with Crippen molar-refractivity contribution in [3.63, 3.8) is 0 Å². The Bertz CT molecular complexity index is 291. The molecule has 0 aromatic carbocycles. The van der Waals surface area contributed by atoms with Crippen molar-refractivity contribution in [3.05, 3.63) is 12.7 Å². The van der Waals surface area contributed by atoms with Gasteiger partial charge in [0.25, 0.3) is 0 Å². The van der Waals surface area contributed by atoms with Gasteiger partial charge in [-0.05, 0) is 26.7 Å². The van der Waals surface area contributed by atoms with Crippen molar-refractivity contribution in [2.75, 3.05) is 13.2 Å². The highest BCUT2D eigenvalue weighted by Gasteiger charge is 2.56. The first kappa shape index (κ1) is 13.7. The van der Waals surface area contributed by atoms with Crippen LogP contribution in [0.2, 0.25) is 0 Å². The van der Waals surface area contributed by atoms with E-state index in [9.17, 15) is 9.59 Å². The Morgan fingerprint density at radius 3 is 2.24 bits per heavy atom. The molecule has 0 aromatic heterocycles. The van der Waals surface area contributed by atoms with Gasteiger partial charge in [-0.2, -0.15) is 0 Å². The highest BCUT2D eigenvalue weighted by molar-refractivity contribution is 6.01. The molecule has 4 nitrogen and oxygen atoms in total. The zero-order valence-electron chi connectivity index (χ0n) is 10.5. The molecule has 0 aromatic rings. The fourth-order valence-corrected chi connectivity index (χ4v) is 2.46. The van der Waals surface area contributed by atoms with Crippen molar-refractivity contribution in [1.82, 2.24) is 0 Å². The molecule has 96 valence electrons. The Morgan fingerprint density at radius 2 is 1.82 bits per heavy atom. The Morgan fingerprint density at radius 1 is 1.29 bits per heavy atom. The van der Waals surface area contributed by atoms with Crippen molar-refractivity contribution in [3.8, 4) is 0 Å². The van der Waals surface area contributed by atoms with E-state index in [2.05, 4.69) is 6.58 Å². The Labute approximate surface area is 102 Å². The third kappa shape index (κ3) is 2.35. The van der Waals surface area contributed by atoms with Crippen LogP contribution in [0.15, 0.2) is 12.7 Å². The van der Waals surface area contributed by atoms with E-state index in [1.807, 2.05) is 0 Å². The average molecular weight is 240 g/mol. The van der Waals surface area contributed by atoms with Crippen molar-refractivity contribution in [2.45, 2.75) is 33.1 Å². The van der Waals surface area contributed by atoms with Gasteiger partial charge in [0.05, 0.1) is 13.2 Å². The molecule has 0 amide bonds. The molecule has 0 aliphatic heterocycles. The van der Waals surface area contributed by atoms with Crippen LogP contribution in [-0.2, 0) is 19.1 Å². The average Bonchev–Trinajstić information content (AvgIpc) is 2.74. The molecule has 0 heterocycles. The summed E-state index contributed by atoms with van der Waals surface area (Å²) in [6.45, 7) is 7.70. The van der Waals surface area contributed by atoms with Gasteiger partial charge >= 0.3 is 11.9 Å². The lowest BCUT2D eigenvalue weighted by Gasteiger charge is -2.28. The van der Waals surface area contributed by atoms with Crippen molar-refractivity contribution in [2.24, 2.45) is 11.3 Å². The number of carbonyl (C=O) groups excluding carboxylic acids is 2. The summed E-state index contributed by atoms with van der Waals surface area (Å²) in [5.41, 5.74) is -1.16. The van der Waals surface area contributed by atoms with Gasteiger partial charge < -0.3 is 9.47 Å². The summed E-state index contributed by atoms with van der Waals surface area (Å²) in [4.78, 5) is 24.2. The van der Waals surface area contributed by atoms with Gasteiger partial charge in [0, 0.05) is 5.92 Å². The quantitative estimate of drug-likeness (QED) is 0.419. The summed E-state index contributed by atoms with van der Waals surface area (Å²) >= 11 is 0. The molecule has 1 unspecified atom stereocenters. The van der Waals surface area contributed by atoms with Gasteiger partial charge in [0.15, 0.2) is 5.41 Å². The van der Waals surface area contributed by atoms with E-state index >= 15 is 0 Å². The third-order valence-corrected chi connectivity index (χ3v) is 3.28. The Balaban J connectivity index is 3.03. The van der Waals surface area contributed by atoms with E-state index < -0.39 is 17.4 Å². The summed E-state index contributed by atoms with van der Waals surface area (Å²) in [6, 6.07) is 0. The van der Waals surface area contributed by atoms with Crippen LogP contribution < -0.4 is 0 Å². The molecular weight excluding hydrogens is 220 g/mol. The zero-order chi connectivity index (χ0) is 12.9. The topological polar surface area (TPSA) is 52.6 Å². The predicted octanol–water partition coefficient (Wildman–Crippen LogP) is 2.09. The minimum absolute atomic E-state index is 0.180. The first-order valence-electron chi connectivity index (χ1n) is 6.10. The molecule has 1 saturated carbocycles.